The molecular weight excluding hydrogens is 254 g/mol. The van der Waals surface area contributed by atoms with Crippen LogP contribution in [0.25, 0.3) is 10.9 Å². The molecule has 5 heteroatoms. The molecule has 0 fully saturated rings. The van der Waals surface area contributed by atoms with Crippen molar-refractivity contribution < 1.29 is 9.90 Å². The molecule has 0 aliphatic rings. The maximum atomic E-state index is 11.8. The fourth-order valence-electron chi connectivity index (χ4n) is 1.97. The minimum absolute atomic E-state index is 0.00389. The van der Waals surface area contributed by atoms with E-state index in [0.717, 1.165) is 5.56 Å². The van der Waals surface area contributed by atoms with Crippen LogP contribution in [-0.4, -0.2) is 15.6 Å². The number of nitrogens with zero attached hydrogens (tertiary/aromatic N) is 1. The number of rotatable bonds is 3. The topological polar surface area (TPSA) is 59.3 Å². The molecule has 0 radical (unpaired) electrons. The predicted octanol–water partition coefficient (Wildman–Crippen LogP) is 2.44. The van der Waals surface area contributed by atoms with E-state index >= 15 is 0 Å². The molecule has 2 aromatic rings. The third-order valence-electron chi connectivity index (χ3n) is 2.89. The Hall–Kier alpha value is -1.81. The molecule has 1 aromatic carbocycles. The SMILES string of the molecule is Cc1c(Cl)ccc2c(=O)ccn(CCC(=O)O)c12. The van der Waals surface area contributed by atoms with E-state index in [-0.39, 0.29) is 11.8 Å². The van der Waals surface area contributed by atoms with Gasteiger partial charge < -0.3 is 9.67 Å². The Morgan fingerprint density at radius 2 is 2.11 bits per heavy atom. The molecule has 0 atom stereocenters. The summed E-state index contributed by atoms with van der Waals surface area (Å²) >= 11 is 6.04. The summed E-state index contributed by atoms with van der Waals surface area (Å²) in [6, 6.07) is 4.80. The van der Waals surface area contributed by atoms with Crippen molar-refractivity contribution >= 4 is 28.5 Å². The van der Waals surface area contributed by atoms with Gasteiger partial charge in [-0.15, -0.1) is 0 Å². The summed E-state index contributed by atoms with van der Waals surface area (Å²) in [4.78, 5) is 22.4. The van der Waals surface area contributed by atoms with E-state index in [0.29, 0.717) is 22.5 Å². The van der Waals surface area contributed by atoms with Gasteiger partial charge in [0, 0.05) is 29.2 Å². The van der Waals surface area contributed by atoms with Crippen LogP contribution >= 0.6 is 11.6 Å². The number of fused-ring (bicyclic) bond motifs is 1. The van der Waals surface area contributed by atoms with Crippen LogP contribution in [0.15, 0.2) is 29.2 Å². The van der Waals surface area contributed by atoms with Crippen LogP contribution in [0.5, 0.6) is 0 Å². The monoisotopic (exact) mass is 265 g/mol. The number of halogens is 1. The number of carbonyl (C=O) groups is 1. The lowest BCUT2D eigenvalue weighted by molar-refractivity contribution is -0.137. The number of aliphatic carboxylic acids is 1. The molecule has 18 heavy (non-hydrogen) atoms. The standard InChI is InChI=1S/C13H12ClNO3/c1-8-10(14)3-2-9-11(16)4-6-15(13(8)9)7-5-12(17)18/h2-4,6H,5,7H2,1H3,(H,17,18). The van der Waals surface area contributed by atoms with Gasteiger partial charge in [-0.3, -0.25) is 9.59 Å². The van der Waals surface area contributed by atoms with Gasteiger partial charge in [0.15, 0.2) is 5.43 Å². The molecule has 0 aliphatic carbocycles. The third-order valence-corrected chi connectivity index (χ3v) is 3.30. The first-order valence-corrected chi connectivity index (χ1v) is 5.88. The molecule has 0 amide bonds. The molecule has 2 rings (SSSR count). The number of aromatic nitrogens is 1. The second-order valence-electron chi connectivity index (χ2n) is 4.09. The Labute approximate surface area is 108 Å². The highest BCUT2D eigenvalue weighted by molar-refractivity contribution is 6.32. The van der Waals surface area contributed by atoms with Gasteiger partial charge in [-0.1, -0.05) is 11.6 Å². The zero-order valence-corrected chi connectivity index (χ0v) is 10.6. The van der Waals surface area contributed by atoms with Gasteiger partial charge >= 0.3 is 5.97 Å². The van der Waals surface area contributed by atoms with E-state index in [9.17, 15) is 9.59 Å². The lowest BCUT2D eigenvalue weighted by Crippen LogP contribution is -2.11. The van der Waals surface area contributed by atoms with Crippen LogP contribution < -0.4 is 5.43 Å². The lowest BCUT2D eigenvalue weighted by atomic mass is 10.1. The Balaban J connectivity index is 2.67. The van der Waals surface area contributed by atoms with Crippen molar-refractivity contribution in [2.75, 3.05) is 0 Å². The molecule has 4 nitrogen and oxygen atoms in total. The van der Waals surface area contributed by atoms with Crippen molar-refractivity contribution in [3.63, 3.8) is 0 Å². The zero-order valence-electron chi connectivity index (χ0n) is 9.81. The van der Waals surface area contributed by atoms with Crippen molar-refractivity contribution in [1.29, 1.82) is 0 Å². The summed E-state index contributed by atoms with van der Waals surface area (Å²) in [5.41, 5.74) is 1.41. The number of pyridine rings is 1. The Kier molecular flexibility index (Phi) is 3.39. The van der Waals surface area contributed by atoms with Crippen molar-refractivity contribution in [2.45, 2.75) is 19.9 Å². The molecule has 0 bridgehead atoms. The average molecular weight is 266 g/mol. The van der Waals surface area contributed by atoms with Crippen molar-refractivity contribution in [2.24, 2.45) is 0 Å². The molecule has 0 unspecified atom stereocenters. The molecule has 0 aliphatic heterocycles. The third kappa shape index (κ3) is 2.24. The molecule has 1 heterocycles. The Morgan fingerprint density at radius 3 is 2.78 bits per heavy atom. The van der Waals surface area contributed by atoms with Gasteiger partial charge in [-0.2, -0.15) is 0 Å². The van der Waals surface area contributed by atoms with Gasteiger partial charge in [0.05, 0.1) is 11.9 Å². The molecule has 1 N–H and O–H groups in total. The van der Waals surface area contributed by atoms with Crippen molar-refractivity contribution in [1.82, 2.24) is 4.57 Å². The molecule has 0 spiro atoms. The Bertz CT molecular complexity index is 676. The smallest absolute Gasteiger partial charge is 0.305 e. The van der Waals surface area contributed by atoms with Gasteiger partial charge in [-0.25, -0.2) is 0 Å². The number of hydrogen-bond acceptors (Lipinski definition) is 2. The summed E-state index contributed by atoms with van der Waals surface area (Å²) < 4.78 is 1.76. The fourth-order valence-corrected chi connectivity index (χ4v) is 2.12. The maximum absolute atomic E-state index is 11.8. The summed E-state index contributed by atoms with van der Waals surface area (Å²) in [6.45, 7) is 2.13. The van der Waals surface area contributed by atoms with E-state index < -0.39 is 5.97 Å². The van der Waals surface area contributed by atoms with Crippen LogP contribution in [0.2, 0.25) is 5.02 Å². The molecule has 94 valence electrons. The van der Waals surface area contributed by atoms with Crippen LogP contribution in [0, 0.1) is 6.92 Å². The number of hydrogen-bond donors (Lipinski definition) is 1. The van der Waals surface area contributed by atoms with E-state index in [1.54, 1.807) is 22.9 Å². The normalized spacial score (nSPS) is 10.8. The van der Waals surface area contributed by atoms with Crippen molar-refractivity contribution in [3.05, 3.63) is 45.2 Å². The average Bonchev–Trinajstić information content (AvgIpc) is 2.33. The summed E-state index contributed by atoms with van der Waals surface area (Å²) in [7, 11) is 0. The molecular formula is C13H12ClNO3. The minimum Gasteiger partial charge on any atom is -0.481 e. The fraction of sp³-hybridized carbons (Fsp3) is 0.231. The maximum Gasteiger partial charge on any atom is 0.305 e. The van der Waals surface area contributed by atoms with Crippen molar-refractivity contribution in [3.8, 4) is 0 Å². The second kappa shape index (κ2) is 4.82. The first-order chi connectivity index (χ1) is 8.50. The second-order valence-corrected chi connectivity index (χ2v) is 4.49. The largest absolute Gasteiger partial charge is 0.481 e. The van der Waals surface area contributed by atoms with Gasteiger partial charge in [0.1, 0.15) is 0 Å². The number of aryl methyl sites for hydroxylation is 2. The Morgan fingerprint density at radius 1 is 1.39 bits per heavy atom. The summed E-state index contributed by atoms with van der Waals surface area (Å²) in [5.74, 6) is -0.874. The molecule has 0 saturated heterocycles. The van der Waals surface area contributed by atoms with Crippen LogP contribution in [0.3, 0.4) is 0 Å². The van der Waals surface area contributed by atoms with Gasteiger partial charge in [0.2, 0.25) is 0 Å². The molecule has 1 aromatic heterocycles. The minimum atomic E-state index is -0.874. The van der Waals surface area contributed by atoms with E-state index in [4.69, 9.17) is 16.7 Å². The number of carboxylic acids is 1. The lowest BCUT2D eigenvalue weighted by Gasteiger charge is -2.12. The van der Waals surface area contributed by atoms with E-state index in [1.807, 2.05) is 6.92 Å². The first-order valence-electron chi connectivity index (χ1n) is 5.51. The first kappa shape index (κ1) is 12.6. The molecule has 0 saturated carbocycles. The van der Waals surface area contributed by atoms with Crippen LogP contribution in [-0.2, 0) is 11.3 Å². The highest BCUT2D eigenvalue weighted by atomic mass is 35.5. The van der Waals surface area contributed by atoms with E-state index in [1.165, 1.54) is 6.07 Å². The van der Waals surface area contributed by atoms with Crippen LogP contribution in [0.4, 0.5) is 0 Å². The highest BCUT2D eigenvalue weighted by Gasteiger charge is 2.09. The zero-order chi connectivity index (χ0) is 13.3. The van der Waals surface area contributed by atoms with Crippen LogP contribution in [0.1, 0.15) is 12.0 Å². The van der Waals surface area contributed by atoms with E-state index in [2.05, 4.69) is 0 Å². The highest BCUT2D eigenvalue weighted by Crippen LogP contribution is 2.23. The summed E-state index contributed by atoms with van der Waals surface area (Å²) in [6.07, 6.45) is 1.61. The predicted molar refractivity (Wildman–Crippen MR) is 70.2 cm³/mol. The quantitative estimate of drug-likeness (QED) is 0.927. The van der Waals surface area contributed by atoms with Gasteiger partial charge in [0.25, 0.3) is 0 Å². The number of benzene rings is 1. The summed E-state index contributed by atoms with van der Waals surface area (Å²) in [5, 5.41) is 9.85. The van der Waals surface area contributed by atoms with Gasteiger partial charge in [-0.05, 0) is 24.6 Å². The number of carboxylic acid groups (broad SMARTS) is 1.